The van der Waals surface area contributed by atoms with Gasteiger partial charge in [-0.25, -0.2) is 0 Å². The van der Waals surface area contributed by atoms with Crippen molar-refractivity contribution >= 4 is 46.4 Å². The molecule has 104 valence electrons. The van der Waals surface area contributed by atoms with Gasteiger partial charge < -0.3 is 9.64 Å². The van der Waals surface area contributed by atoms with Crippen molar-refractivity contribution in [3.63, 3.8) is 0 Å². The normalized spacial score (nSPS) is 22.6. The van der Waals surface area contributed by atoms with Gasteiger partial charge in [0, 0.05) is 13.1 Å². The molecule has 0 radical (unpaired) electrons. The van der Waals surface area contributed by atoms with E-state index in [9.17, 15) is 9.59 Å². The molecule has 0 spiro atoms. The maximum atomic E-state index is 12.3. The molecule has 0 aliphatic carbocycles. The van der Waals surface area contributed by atoms with Crippen LogP contribution in [0.5, 0.6) is 0 Å². The second kappa shape index (κ2) is 5.69. The molecule has 1 aliphatic rings. The third kappa shape index (κ3) is 2.88. The largest absolute Gasteiger partial charge is 0.469 e. The van der Waals surface area contributed by atoms with E-state index in [1.54, 1.807) is 11.0 Å². The number of halogens is 2. The molecule has 1 amide bonds. The van der Waals surface area contributed by atoms with Crippen LogP contribution in [0.1, 0.15) is 17.3 Å². The van der Waals surface area contributed by atoms with E-state index in [0.717, 1.165) is 11.3 Å². The Hall–Kier alpha value is -0.780. The summed E-state index contributed by atoms with van der Waals surface area (Å²) < 4.78 is 5.60. The van der Waals surface area contributed by atoms with Crippen LogP contribution in [-0.2, 0) is 9.53 Å². The summed E-state index contributed by atoms with van der Waals surface area (Å²) in [4.78, 5) is 25.5. The summed E-state index contributed by atoms with van der Waals surface area (Å²) in [6.45, 7) is 2.80. The molecule has 0 N–H and O–H groups in total. The molecule has 1 saturated heterocycles. The molecule has 1 aromatic heterocycles. The zero-order chi connectivity index (χ0) is 14.2. The molecule has 1 aromatic rings. The van der Waals surface area contributed by atoms with Gasteiger partial charge in [-0.1, -0.05) is 30.1 Å². The molecule has 4 nitrogen and oxygen atoms in total. The average Bonchev–Trinajstić information content (AvgIpc) is 2.90. The molecule has 2 heterocycles. The summed E-state index contributed by atoms with van der Waals surface area (Å²) in [6, 6.07) is 1.56. The summed E-state index contributed by atoms with van der Waals surface area (Å²) in [5.74, 6) is -0.672. The fourth-order valence-electron chi connectivity index (χ4n) is 2.25. The highest BCUT2D eigenvalue weighted by atomic mass is 35.5. The van der Waals surface area contributed by atoms with Crippen LogP contribution in [-0.4, -0.2) is 37.0 Å². The molecule has 1 fully saturated rings. The first-order valence-electron chi connectivity index (χ1n) is 5.76. The van der Waals surface area contributed by atoms with Crippen molar-refractivity contribution in [2.75, 3.05) is 20.2 Å². The first kappa shape index (κ1) is 14.6. The number of likely N-dealkylation sites (tertiary alicyclic amines) is 1. The Kier molecular flexibility index (Phi) is 4.38. The van der Waals surface area contributed by atoms with Crippen molar-refractivity contribution in [3.05, 3.63) is 20.3 Å². The van der Waals surface area contributed by atoms with Crippen LogP contribution in [0.2, 0.25) is 8.67 Å². The monoisotopic (exact) mass is 321 g/mol. The summed E-state index contributed by atoms with van der Waals surface area (Å²) in [5.41, 5.74) is 0.398. The van der Waals surface area contributed by atoms with E-state index in [-0.39, 0.29) is 23.7 Å². The first-order chi connectivity index (χ1) is 8.93. The number of nitrogens with zero attached hydrogens (tertiary/aromatic N) is 1. The number of methoxy groups -OCH3 is 1. The lowest BCUT2D eigenvalue weighted by Crippen LogP contribution is -2.30. The number of esters is 1. The van der Waals surface area contributed by atoms with Gasteiger partial charge in [0.1, 0.15) is 4.34 Å². The predicted molar refractivity (Wildman–Crippen MR) is 74.9 cm³/mol. The molecule has 19 heavy (non-hydrogen) atoms. The predicted octanol–water partition coefficient (Wildman–Crippen LogP) is 2.94. The number of hydrogen-bond donors (Lipinski definition) is 0. The molecule has 0 bridgehead atoms. The second-order valence-electron chi connectivity index (χ2n) is 4.55. The summed E-state index contributed by atoms with van der Waals surface area (Å²) in [7, 11) is 1.36. The van der Waals surface area contributed by atoms with Gasteiger partial charge in [-0.3, -0.25) is 9.59 Å². The molecular weight excluding hydrogens is 309 g/mol. The highest BCUT2D eigenvalue weighted by Gasteiger charge is 2.38. The third-order valence-electron chi connectivity index (χ3n) is 3.29. The molecule has 1 aliphatic heterocycles. The standard InChI is InChI=1S/C12H13Cl2NO3S/c1-6-4-15(5-8(6)12(17)18-2)11(16)7-3-9(13)19-10(7)14/h3,6,8H,4-5H2,1-2H3. The van der Waals surface area contributed by atoms with Crippen LogP contribution >= 0.6 is 34.5 Å². The van der Waals surface area contributed by atoms with Crippen LogP contribution in [0.3, 0.4) is 0 Å². The number of amides is 1. The molecule has 7 heteroatoms. The van der Waals surface area contributed by atoms with Crippen molar-refractivity contribution < 1.29 is 14.3 Å². The highest BCUT2D eigenvalue weighted by molar-refractivity contribution is 7.20. The van der Waals surface area contributed by atoms with E-state index < -0.39 is 0 Å². The van der Waals surface area contributed by atoms with Gasteiger partial charge in [0.05, 0.1) is 22.9 Å². The van der Waals surface area contributed by atoms with Crippen molar-refractivity contribution in [3.8, 4) is 0 Å². The van der Waals surface area contributed by atoms with Gasteiger partial charge in [0.15, 0.2) is 0 Å². The molecule has 0 saturated carbocycles. The second-order valence-corrected chi connectivity index (χ2v) is 6.84. The van der Waals surface area contributed by atoms with E-state index in [4.69, 9.17) is 27.9 Å². The zero-order valence-corrected chi connectivity index (χ0v) is 12.8. The minimum absolute atomic E-state index is 0.0734. The smallest absolute Gasteiger partial charge is 0.310 e. The maximum absolute atomic E-state index is 12.3. The molecular formula is C12H13Cl2NO3S. The fraction of sp³-hybridized carbons (Fsp3) is 0.500. The zero-order valence-electron chi connectivity index (χ0n) is 10.5. The van der Waals surface area contributed by atoms with E-state index in [0.29, 0.717) is 27.3 Å². The average molecular weight is 322 g/mol. The maximum Gasteiger partial charge on any atom is 0.310 e. The van der Waals surface area contributed by atoms with Crippen LogP contribution in [0.25, 0.3) is 0 Å². The first-order valence-corrected chi connectivity index (χ1v) is 7.33. The number of carbonyl (C=O) groups excluding carboxylic acids is 2. The van der Waals surface area contributed by atoms with Gasteiger partial charge in [0.25, 0.3) is 5.91 Å². The Morgan fingerprint density at radius 1 is 1.42 bits per heavy atom. The van der Waals surface area contributed by atoms with Crippen LogP contribution in [0.4, 0.5) is 0 Å². The third-order valence-corrected chi connectivity index (χ3v) is 4.78. The Balaban J connectivity index is 2.14. The van der Waals surface area contributed by atoms with Crippen molar-refractivity contribution in [2.24, 2.45) is 11.8 Å². The summed E-state index contributed by atoms with van der Waals surface area (Å²) in [6.07, 6.45) is 0. The highest BCUT2D eigenvalue weighted by Crippen LogP contribution is 2.33. The van der Waals surface area contributed by atoms with Crippen molar-refractivity contribution in [2.45, 2.75) is 6.92 Å². The Morgan fingerprint density at radius 3 is 2.63 bits per heavy atom. The lowest BCUT2D eigenvalue weighted by Gasteiger charge is -2.15. The molecule has 2 atom stereocenters. The number of rotatable bonds is 2. The lowest BCUT2D eigenvalue weighted by molar-refractivity contribution is -0.146. The number of ether oxygens (including phenoxy) is 1. The lowest BCUT2D eigenvalue weighted by atomic mass is 9.99. The number of carbonyl (C=O) groups is 2. The van der Waals surface area contributed by atoms with E-state index in [2.05, 4.69) is 0 Å². The van der Waals surface area contributed by atoms with Gasteiger partial charge in [-0.2, -0.15) is 0 Å². The van der Waals surface area contributed by atoms with Crippen LogP contribution < -0.4 is 0 Å². The Labute approximate surface area is 125 Å². The summed E-state index contributed by atoms with van der Waals surface area (Å²) in [5, 5.41) is 0. The van der Waals surface area contributed by atoms with Gasteiger partial charge in [-0.05, 0) is 12.0 Å². The van der Waals surface area contributed by atoms with Gasteiger partial charge in [0.2, 0.25) is 0 Å². The van der Waals surface area contributed by atoms with Gasteiger partial charge in [-0.15, -0.1) is 11.3 Å². The fourth-order valence-corrected chi connectivity index (χ4v) is 3.70. The quantitative estimate of drug-likeness (QED) is 0.787. The SMILES string of the molecule is COC(=O)C1CN(C(=O)c2cc(Cl)sc2Cl)CC1C. The molecule has 2 unspecified atom stereocenters. The van der Waals surface area contributed by atoms with Crippen molar-refractivity contribution in [1.29, 1.82) is 0 Å². The Bertz CT molecular complexity index is 517. The topological polar surface area (TPSA) is 46.6 Å². The minimum Gasteiger partial charge on any atom is -0.469 e. The van der Waals surface area contributed by atoms with Gasteiger partial charge >= 0.3 is 5.97 Å². The van der Waals surface area contributed by atoms with E-state index in [1.165, 1.54) is 7.11 Å². The minimum atomic E-state index is -0.280. The Morgan fingerprint density at radius 2 is 2.11 bits per heavy atom. The van der Waals surface area contributed by atoms with Crippen molar-refractivity contribution in [1.82, 2.24) is 4.90 Å². The van der Waals surface area contributed by atoms with E-state index >= 15 is 0 Å². The number of thiophene rings is 1. The molecule has 0 aromatic carbocycles. The van der Waals surface area contributed by atoms with Crippen LogP contribution in [0, 0.1) is 11.8 Å². The summed E-state index contributed by atoms with van der Waals surface area (Å²) >= 11 is 13.0. The molecule has 2 rings (SSSR count). The van der Waals surface area contributed by atoms with E-state index in [1.807, 2.05) is 6.92 Å². The van der Waals surface area contributed by atoms with Crippen LogP contribution in [0.15, 0.2) is 6.07 Å². The number of hydrogen-bond acceptors (Lipinski definition) is 4.